The Labute approximate surface area is 171 Å². The van der Waals surface area contributed by atoms with Crippen molar-refractivity contribution in [1.29, 1.82) is 0 Å². The van der Waals surface area contributed by atoms with E-state index in [1.54, 1.807) is 20.8 Å². The van der Waals surface area contributed by atoms with Crippen LogP contribution in [0.5, 0.6) is 0 Å². The molecular formula is C19H19BrFNO5S. The van der Waals surface area contributed by atoms with E-state index in [1.165, 1.54) is 30.3 Å². The van der Waals surface area contributed by atoms with Gasteiger partial charge in [-0.05, 0) is 79.2 Å². The van der Waals surface area contributed by atoms with Gasteiger partial charge in [-0.2, -0.15) is 0 Å². The number of rotatable bonds is 4. The van der Waals surface area contributed by atoms with Crippen LogP contribution in [0.25, 0.3) is 0 Å². The van der Waals surface area contributed by atoms with Gasteiger partial charge in [-0.25, -0.2) is 21.9 Å². The smallest absolute Gasteiger partial charge is 0.424 e. The third-order valence-corrected chi connectivity index (χ3v) is 5.98. The van der Waals surface area contributed by atoms with E-state index in [1.807, 2.05) is 0 Å². The van der Waals surface area contributed by atoms with Crippen LogP contribution in [0.2, 0.25) is 0 Å². The van der Waals surface area contributed by atoms with Crippen LogP contribution in [0.3, 0.4) is 0 Å². The molecular weight excluding hydrogens is 453 g/mol. The number of sulfonamides is 1. The van der Waals surface area contributed by atoms with Gasteiger partial charge in [0.15, 0.2) is 5.78 Å². The standard InChI is InChI=1S/C19H19BrFNO5S/c1-19(2,3)27-18(24)22(4)28(25,26)14-9-10-15(16(20)11-14)17(23)12-5-7-13(21)8-6-12/h5-11H,1-4H3. The summed E-state index contributed by atoms with van der Waals surface area (Å²) in [5.41, 5.74) is -0.401. The molecule has 150 valence electrons. The van der Waals surface area contributed by atoms with Crippen LogP contribution in [0, 0.1) is 5.82 Å². The van der Waals surface area contributed by atoms with E-state index in [0.29, 0.717) is 4.31 Å². The maximum Gasteiger partial charge on any atom is 0.424 e. The number of ketones is 1. The Morgan fingerprint density at radius 3 is 2.14 bits per heavy atom. The molecule has 0 radical (unpaired) electrons. The maximum absolute atomic E-state index is 13.0. The number of halogens is 2. The lowest BCUT2D eigenvalue weighted by molar-refractivity contribution is 0.0420. The summed E-state index contributed by atoms with van der Waals surface area (Å²) in [5.74, 6) is -0.876. The lowest BCUT2D eigenvalue weighted by atomic mass is 10.0. The van der Waals surface area contributed by atoms with E-state index >= 15 is 0 Å². The summed E-state index contributed by atoms with van der Waals surface area (Å²) in [4.78, 5) is 24.4. The van der Waals surface area contributed by atoms with Crippen molar-refractivity contribution in [2.75, 3.05) is 7.05 Å². The third-order valence-electron chi connectivity index (χ3n) is 3.60. The Bertz CT molecular complexity index is 1010. The van der Waals surface area contributed by atoms with Crippen molar-refractivity contribution in [2.45, 2.75) is 31.3 Å². The van der Waals surface area contributed by atoms with Gasteiger partial charge in [-0.3, -0.25) is 4.79 Å². The zero-order chi connectivity index (χ0) is 21.3. The van der Waals surface area contributed by atoms with Crippen molar-refractivity contribution in [3.05, 3.63) is 63.9 Å². The molecule has 1 amide bonds. The fourth-order valence-electron chi connectivity index (χ4n) is 2.18. The molecule has 2 aromatic rings. The van der Waals surface area contributed by atoms with Crippen molar-refractivity contribution >= 4 is 37.8 Å². The summed E-state index contributed by atoms with van der Waals surface area (Å²) in [6.07, 6.45) is -1.02. The molecule has 0 bridgehead atoms. The van der Waals surface area contributed by atoms with Crippen LogP contribution < -0.4 is 0 Å². The molecule has 2 rings (SSSR count). The summed E-state index contributed by atoms with van der Waals surface area (Å²) in [6.45, 7) is 4.87. The van der Waals surface area contributed by atoms with Crippen molar-refractivity contribution < 1.29 is 27.1 Å². The van der Waals surface area contributed by atoms with Crippen molar-refractivity contribution in [2.24, 2.45) is 0 Å². The highest BCUT2D eigenvalue weighted by Gasteiger charge is 2.30. The minimum atomic E-state index is -4.18. The molecule has 0 heterocycles. The van der Waals surface area contributed by atoms with E-state index in [-0.39, 0.29) is 20.5 Å². The quantitative estimate of drug-likeness (QED) is 0.618. The highest BCUT2D eigenvalue weighted by molar-refractivity contribution is 9.10. The van der Waals surface area contributed by atoms with Crippen LogP contribution in [0.1, 0.15) is 36.7 Å². The summed E-state index contributed by atoms with van der Waals surface area (Å²) in [6, 6.07) is 8.78. The Morgan fingerprint density at radius 2 is 1.64 bits per heavy atom. The molecule has 0 saturated carbocycles. The topological polar surface area (TPSA) is 80.8 Å². The minimum Gasteiger partial charge on any atom is -0.443 e. The van der Waals surface area contributed by atoms with Crippen molar-refractivity contribution in [3.63, 3.8) is 0 Å². The first-order valence-corrected chi connectivity index (χ1v) is 10.4. The molecule has 0 spiro atoms. The van der Waals surface area contributed by atoms with Crippen LogP contribution in [0.15, 0.2) is 51.8 Å². The van der Waals surface area contributed by atoms with Crippen LogP contribution in [0.4, 0.5) is 9.18 Å². The number of hydrogen-bond acceptors (Lipinski definition) is 5. The number of benzene rings is 2. The van der Waals surface area contributed by atoms with Gasteiger partial charge in [-0.1, -0.05) is 0 Å². The van der Waals surface area contributed by atoms with Crippen molar-refractivity contribution in [1.82, 2.24) is 4.31 Å². The second kappa shape index (κ2) is 8.00. The molecule has 28 heavy (non-hydrogen) atoms. The first-order chi connectivity index (χ1) is 12.8. The highest BCUT2D eigenvalue weighted by Crippen LogP contribution is 2.26. The number of carbonyl (C=O) groups excluding carboxylic acids is 2. The molecule has 0 saturated heterocycles. The average Bonchev–Trinajstić information content (AvgIpc) is 2.59. The molecule has 0 aliphatic rings. The number of nitrogens with zero attached hydrogens (tertiary/aromatic N) is 1. The molecule has 0 unspecified atom stereocenters. The fourth-order valence-corrected chi connectivity index (χ4v) is 3.95. The summed E-state index contributed by atoms with van der Waals surface area (Å²) in [7, 11) is -3.09. The maximum atomic E-state index is 13.0. The summed E-state index contributed by atoms with van der Waals surface area (Å²) in [5, 5.41) is 0. The predicted molar refractivity (Wildman–Crippen MR) is 105 cm³/mol. The van der Waals surface area contributed by atoms with E-state index in [2.05, 4.69) is 15.9 Å². The molecule has 0 aromatic heterocycles. The van der Waals surface area contributed by atoms with Gasteiger partial charge in [0.05, 0.1) is 4.90 Å². The molecule has 2 aromatic carbocycles. The monoisotopic (exact) mass is 471 g/mol. The molecule has 0 aliphatic heterocycles. The number of carbonyl (C=O) groups is 2. The summed E-state index contributed by atoms with van der Waals surface area (Å²) >= 11 is 3.19. The Balaban J connectivity index is 2.33. The van der Waals surface area contributed by atoms with Gasteiger partial charge in [0.1, 0.15) is 11.4 Å². The van der Waals surface area contributed by atoms with E-state index in [9.17, 15) is 22.4 Å². The average molecular weight is 472 g/mol. The minimum absolute atomic E-state index is 0.191. The second-order valence-electron chi connectivity index (χ2n) is 6.93. The molecule has 0 fully saturated rings. The SMILES string of the molecule is CN(C(=O)OC(C)(C)C)S(=O)(=O)c1ccc(C(=O)c2ccc(F)cc2)c(Br)c1. The Hall–Kier alpha value is -2.26. The van der Waals surface area contributed by atoms with Crippen LogP contribution >= 0.6 is 15.9 Å². The molecule has 6 nitrogen and oxygen atoms in total. The molecule has 9 heteroatoms. The van der Waals surface area contributed by atoms with Gasteiger partial charge < -0.3 is 4.74 Å². The van der Waals surface area contributed by atoms with Gasteiger partial charge in [-0.15, -0.1) is 0 Å². The highest BCUT2D eigenvalue weighted by atomic mass is 79.9. The number of hydrogen-bond donors (Lipinski definition) is 0. The normalized spacial score (nSPS) is 11.8. The van der Waals surface area contributed by atoms with Gasteiger partial charge in [0.25, 0.3) is 10.0 Å². The fraction of sp³-hybridized carbons (Fsp3) is 0.263. The van der Waals surface area contributed by atoms with E-state index < -0.39 is 33.3 Å². The Morgan fingerprint density at radius 1 is 1.07 bits per heavy atom. The predicted octanol–water partition coefficient (Wildman–Crippen LogP) is 4.37. The number of ether oxygens (including phenoxy) is 1. The van der Waals surface area contributed by atoms with Crippen molar-refractivity contribution in [3.8, 4) is 0 Å². The second-order valence-corrected chi connectivity index (χ2v) is 9.75. The zero-order valence-electron chi connectivity index (χ0n) is 15.7. The van der Waals surface area contributed by atoms with E-state index in [4.69, 9.17) is 4.74 Å². The number of amides is 1. The van der Waals surface area contributed by atoms with Gasteiger partial charge in [0.2, 0.25) is 0 Å². The van der Waals surface area contributed by atoms with E-state index in [0.717, 1.165) is 19.2 Å². The Kier molecular flexibility index (Phi) is 6.30. The van der Waals surface area contributed by atoms with Crippen LogP contribution in [-0.2, 0) is 14.8 Å². The third kappa shape index (κ3) is 4.96. The van der Waals surface area contributed by atoms with Gasteiger partial charge in [0, 0.05) is 22.6 Å². The first-order valence-electron chi connectivity index (χ1n) is 8.14. The molecule has 0 atom stereocenters. The molecule has 0 N–H and O–H groups in total. The largest absolute Gasteiger partial charge is 0.443 e. The van der Waals surface area contributed by atoms with Gasteiger partial charge >= 0.3 is 6.09 Å². The lowest BCUT2D eigenvalue weighted by Gasteiger charge is -2.24. The molecule has 0 aliphatic carbocycles. The van der Waals surface area contributed by atoms with Crippen LogP contribution in [-0.4, -0.2) is 37.2 Å². The lowest BCUT2D eigenvalue weighted by Crippen LogP contribution is -2.38. The zero-order valence-corrected chi connectivity index (χ0v) is 18.1. The summed E-state index contributed by atoms with van der Waals surface area (Å²) < 4.78 is 44.2. The first kappa shape index (κ1) is 22.0.